The molecule has 1 aliphatic heterocycles. The number of para-hydroxylation sites is 4. The van der Waals surface area contributed by atoms with Gasteiger partial charge in [-0.25, -0.2) is 8.42 Å². The van der Waals surface area contributed by atoms with E-state index in [-0.39, 0.29) is 19.7 Å². The van der Waals surface area contributed by atoms with E-state index in [1.807, 2.05) is 12.1 Å². The van der Waals surface area contributed by atoms with Crippen LogP contribution in [-0.2, 0) is 14.8 Å². The number of rotatable bonds is 7. The first kappa shape index (κ1) is 19.8. The van der Waals surface area contributed by atoms with Crippen molar-refractivity contribution in [3.8, 4) is 17.2 Å². The molecular weight excluding hydrogens is 384 g/mol. The van der Waals surface area contributed by atoms with Crippen LogP contribution in [-0.4, -0.2) is 53.5 Å². The lowest BCUT2D eigenvalue weighted by Gasteiger charge is -2.33. The Kier molecular flexibility index (Phi) is 5.93. The second kappa shape index (κ2) is 8.39. The maximum absolute atomic E-state index is 12.5. The summed E-state index contributed by atoms with van der Waals surface area (Å²) in [7, 11) is -1.99. The van der Waals surface area contributed by atoms with Crippen molar-refractivity contribution in [3.63, 3.8) is 0 Å². The molecule has 1 heterocycles. The van der Waals surface area contributed by atoms with Gasteiger partial charge in [0.05, 0.1) is 32.1 Å². The quantitative estimate of drug-likeness (QED) is 0.699. The van der Waals surface area contributed by atoms with Crippen molar-refractivity contribution in [1.82, 2.24) is 5.32 Å². The smallest absolute Gasteiger partial charge is 0.263 e. The first-order valence-electron chi connectivity index (χ1n) is 8.67. The third-order valence-electron chi connectivity index (χ3n) is 4.16. The summed E-state index contributed by atoms with van der Waals surface area (Å²) in [6.45, 7) is 0.373. The molecule has 0 fully saturated rings. The zero-order valence-corrected chi connectivity index (χ0v) is 16.4. The van der Waals surface area contributed by atoms with Gasteiger partial charge in [-0.05, 0) is 24.3 Å². The largest absolute Gasteiger partial charge is 0.493 e. The molecule has 1 amide bonds. The number of methoxy groups -OCH3 is 1. The second-order valence-corrected chi connectivity index (χ2v) is 8.07. The molecule has 0 saturated heterocycles. The minimum absolute atomic E-state index is 0.0882. The lowest BCUT2D eigenvalue weighted by Crippen LogP contribution is -2.51. The van der Waals surface area contributed by atoms with Crippen molar-refractivity contribution in [2.75, 3.05) is 37.4 Å². The Morgan fingerprint density at radius 2 is 1.86 bits per heavy atom. The molecule has 0 aliphatic carbocycles. The van der Waals surface area contributed by atoms with Crippen molar-refractivity contribution in [2.24, 2.45) is 0 Å². The number of ether oxygens (including phenoxy) is 3. The number of carbonyl (C=O) groups is 1. The van der Waals surface area contributed by atoms with Crippen LogP contribution >= 0.6 is 0 Å². The van der Waals surface area contributed by atoms with Crippen LogP contribution in [0.4, 0.5) is 5.69 Å². The molecular formula is C19H22N2O6S. The Hall–Kier alpha value is -2.94. The third-order valence-corrected chi connectivity index (χ3v) is 5.30. The van der Waals surface area contributed by atoms with Gasteiger partial charge in [-0.15, -0.1) is 0 Å². The first-order valence-corrected chi connectivity index (χ1v) is 10.5. The van der Waals surface area contributed by atoms with Gasteiger partial charge in [-0.3, -0.25) is 9.10 Å². The van der Waals surface area contributed by atoms with Crippen molar-refractivity contribution >= 4 is 21.6 Å². The maximum Gasteiger partial charge on any atom is 0.263 e. The first-order chi connectivity index (χ1) is 13.4. The highest BCUT2D eigenvalue weighted by atomic mass is 32.2. The number of carbonyl (C=O) groups excluding carboxylic acids is 1. The standard InChI is InChI=1S/C19H22N2O6S/c1-25-16-9-5-6-10-17(16)26-12-11-20-19(22)18-13-21(28(2,23)24)14-7-3-4-8-15(14)27-18/h3-10,18H,11-13H2,1-2H3,(H,20,22)/t18-/m1/s1. The van der Waals surface area contributed by atoms with Crippen LogP contribution in [0.2, 0.25) is 0 Å². The highest BCUT2D eigenvalue weighted by molar-refractivity contribution is 7.92. The van der Waals surface area contributed by atoms with E-state index < -0.39 is 22.0 Å². The monoisotopic (exact) mass is 406 g/mol. The normalized spacial score (nSPS) is 15.9. The molecule has 8 nitrogen and oxygen atoms in total. The number of hydrogen-bond donors (Lipinski definition) is 1. The lowest BCUT2D eigenvalue weighted by molar-refractivity contribution is -0.127. The number of anilines is 1. The van der Waals surface area contributed by atoms with Gasteiger partial charge < -0.3 is 19.5 Å². The van der Waals surface area contributed by atoms with Gasteiger partial charge >= 0.3 is 0 Å². The number of nitrogens with one attached hydrogen (secondary N) is 1. The molecule has 0 saturated carbocycles. The molecule has 0 radical (unpaired) electrons. The van der Waals surface area contributed by atoms with Crippen molar-refractivity contribution in [2.45, 2.75) is 6.10 Å². The van der Waals surface area contributed by atoms with E-state index in [2.05, 4.69) is 5.32 Å². The lowest BCUT2D eigenvalue weighted by atomic mass is 10.2. The van der Waals surface area contributed by atoms with Gasteiger partial charge in [-0.2, -0.15) is 0 Å². The Balaban J connectivity index is 1.59. The molecule has 2 aromatic rings. The molecule has 0 bridgehead atoms. The fourth-order valence-electron chi connectivity index (χ4n) is 2.84. The average Bonchev–Trinajstić information content (AvgIpc) is 2.69. The highest BCUT2D eigenvalue weighted by Crippen LogP contribution is 2.34. The van der Waals surface area contributed by atoms with Gasteiger partial charge in [0, 0.05) is 0 Å². The van der Waals surface area contributed by atoms with Gasteiger partial charge in [0.2, 0.25) is 10.0 Å². The van der Waals surface area contributed by atoms with E-state index in [1.54, 1.807) is 43.5 Å². The highest BCUT2D eigenvalue weighted by Gasteiger charge is 2.34. The summed E-state index contributed by atoms with van der Waals surface area (Å²) in [5, 5.41) is 2.71. The average molecular weight is 406 g/mol. The minimum Gasteiger partial charge on any atom is -0.493 e. The van der Waals surface area contributed by atoms with Gasteiger partial charge in [-0.1, -0.05) is 24.3 Å². The third kappa shape index (κ3) is 4.48. The number of nitrogens with zero attached hydrogens (tertiary/aromatic N) is 1. The summed E-state index contributed by atoms with van der Waals surface area (Å²) < 4.78 is 41.9. The van der Waals surface area contributed by atoms with Crippen LogP contribution in [0, 0.1) is 0 Å². The van der Waals surface area contributed by atoms with Crippen LogP contribution in [0.1, 0.15) is 0 Å². The van der Waals surface area contributed by atoms with Gasteiger partial charge in [0.1, 0.15) is 12.4 Å². The summed E-state index contributed by atoms with van der Waals surface area (Å²) in [6.07, 6.45) is 0.154. The van der Waals surface area contributed by atoms with Crippen LogP contribution in [0.5, 0.6) is 17.2 Å². The number of fused-ring (bicyclic) bond motifs is 1. The molecule has 1 aliphatic rings. The molecule has 9 heteroatoms. The van der Waals surface area contributed by atoms with E-state index in [4.69, 9.17) is 14.2 Å². The van der Waals surface area contributed by atoms with Crippen molar-refractivity contribution < 1.29 is 27.4 Å². The van der Waals surface area contributed by atoms with Crippen LogP contribution in [0.25, 0.3) is 0 Å². The molecule has 0 unspecified atom stereocenters. The fraction of sp³-hybridized carbons (Fsp3) is 0.316. The molecule has 3 rings (SSSR count). The fourth-order valence-corrected chi connectivity index (χ4v) is 3.75. The van der Waals surface area contributed by atoms with E-state index in [9.17, 15) is 13.2 Å². The van der Waals surface area contributed by atoms with Crippen LogP contribution in [0.3, 0.4) is 0 Å². The van der Waals surface area contributed by atoms with Crippen molar-refractivity contribution in [1.29, 1.82) is 0 Å². The van der Waals surface area contributed by atoms with E-state index in [1.165, 1.54) is 4.31 Å². The van der Waals surface area contributed by atoms with Gasteiger partial charge in [0.15, 0.2) is 17.6 Å². The van der Waals surface area contributed by atoms with E-state index >= 15 is 0 Å². The Morgan fingerprint density at radius 1 is 1.18 bits per heavy atom. The predicted octanol–water partition coefficient (Wildman–Crippen LogP) is 1.42. The van der Waals surface area contributed by atoms with Crippen molar-refractivity contribution in [3.05, 3.63) is 48.5 Å². The Labute approximate surface area is 164 Å². The van der Waals surface area contributed by atoms with Crippen LogP contribution < -0.4 is 23.8 Å². The number of hydrogen-bond acceptors (Lipinski definition) is 6. The minimum atomic E-state index is -3.54. The Morgan fingerprint density at radius 3 is 2.57 bits per heavy atom. The topological polar surface area (TPSA) is 94.2 Å². The van der Waals surface area contributed by atoms with Crippen LogP contribution in [0.15, 0.2) is 48.5 Å². The van der Waals surface area contributed by atoms with Gasteiger partial charge in [0.25, 0.3) is 5.91 Å². The molecule has 2 aromatic carbocycles. The zero-order valence-electron chi connectivity index (χ0n) is 15.6. The summed E-state index contributed by atoms with van der Waals surface area (Å²) in [4.78, 5) is 12.5. The van der Waals surface area contributed by atoms with E-state index in [0.717, 1.165) is 6.26 Å². The number of benzene rings is 2. The number of sulfonamides is 1. The molecule has 1 atom stereocenters. The second-order valence-electron chi connectivity index (χ2n) is 6.16. The van der Waals surface area contributed by atoms with E-state index in [0.29, 0.717) is 22.9 Å². The SMILES string of the molecule is COc1ccccc1OCCNC(=O)[C@H]1CN(S(C)(=O)=O)c2ccccc2O1. The summed E-state index contributed by atoms with van der Waals surface area (Å²) in [5.74, 6) is 1.12. The number of amides is 1. The molecule has 1 N–H and O–H groups in total. The Bertz CT molecular complexity index is 947. The maximum atomic E-state index is 12.5. The summed E-state index contributed by atoms with van der Waals surface area (Å²) >= 11 is 0. The molecule has 28 heavy (non-hydrogen) atoms. The summed E-state index contributed by atoms with van der Waals surface area (Å²) in [5.41, 5.74) is 0.425. The molecule has 0 aromatic heterocycles. The zero-order chi connectivity index (χ0) is 20.1. The molecule has 0 spiro atoms. The summed E-state index contributed by atoms with van der Waals surface area (Å²) in [6, 6.07) is 13.9. The molecule has 150 valence electrons. The predicted molar refractivity (Wildman–Crippen MR) is 105 cm³/mol.